The van der Waals surface area contributed by atoms with Gasteiger partial charge in [0.2, 0.25) is 0 Å². The summed E-state index contributed by atoms with van der Waals surface area (Å²) in [5, 5.41) is 13.9. The first-order valence-corrected chi connectivity index (χ1v) is 10.2. The highest BCUT2D eigenvalue weighted by Gasteiger charge is 2.49. The molecule has 4 heterocycles. The predicted octanol–water partition coefficient (Wildman–Crippen LogP) is 3.09. The van der Waals surface area contributed by atoms with Gasteiger partial charge in [-0.2, -0.15) is 0 Å². The van der Waals surface area contributed by atoms with Gasteiger partial charge in [0.25, 0.3) is 0 Å². The number of benzene rings is 1. The lowest BCUT2D eigenvalue weighted by atomic mass is 9.87. The molecule has 2 saturated heterocycles. The molecule has 2 aliphatic heterocycles. The largest absolute Gasteiger partial charge is 0.507 e. The van der Waals surface area contributed by atoms with Crippen molar-refractivity contribution in [3.8, 4) is 22.7 Å². The van der Waals surface area contributed by atoms with Crippen molar-refractivity contribution in [2.24, 2.45) is 0 Å². The molecule has 2 bridgehead atoms. The van der Waals surface area contributed by atoms with Gasteiger partial charge in [-0.3, -0.25) is 4.98 Å². The third kappa shape index (κ3) is 3.21. The van der Waals surface area contributed by atoms with Crippen molar-refractivity contribution in [1.29, 1.82) is 0 Å². The minimum Gasteiger partial charge on any atom is -0.507 e. The SMILES string of the molecule is CN(c1cnc(-c2ccc(-n3ccnc3)cc2O)cn1)[C@H]1C[C@]2(C)CCC(N2)[C@H]1F. The van der Waals surface area contributed by atoms with E-state index in [-0.39, 0.29) is 23.4 Å². The number of hydrogen-bond donors (Lipinski definition) is 2. The highest BCUT2D eigenvalue weighted by Crippen LogP contribution is 2.39. The van der Waals surface area contributed by atoms with Gasteiger partial charge in [0.05, 0.1) is 36.1 Å². The van der Waals surface area contributed by atoms with Gasteiger partial charge >= 0.3 is 0 Å². The second kappa shape index (κ2) is 7.05. The lowest BCUT2D eigenvalue weighted by molar-refractivity contribution is 0.144. The zero-order chi connectivity index (χ0) is 20.9. The van der Waals surface area contributed by atoms with Gasteiger partial charge in [-0.15, -0.1) is 0 Å². The normalized spacial score (nSPS) is 27.9. The van der Waals surface area contributed by atoms with Crippen LogP contribution in [0.1, 0.15) is 26.2 Å². The van der Waals surface area contributed by atoms with Crippen LogP contribution in [0.5, 0.6) is 5.75 Å². The second-order valence-electron chi connectivity index (χ2n) is 8.61. The standard InChI is InChI=1S/C22H25FN6O/c1-22-6-5-16(27-22)21(23)18(10-22)28(2)20-12-25-17(11-26-20)15-4-3-14(9-19(15)30)29-8-7-24-13-29/h3-4,7-9,11-13,16,18,21,27,30H,5-6,10H2,1-2H3/t16?,18-,21+,22-/m0/s1. The van der Waals surface area contributed by atoms with E-state index < -0.39 is 6.17 Å². The van der Waals surface area contributed by atoms with Crippen molar-refractivity contribution in [3.63, 3.8) is 0 Å². The quantitative estimate of drug-likeness (QED) is 0.691. The average Bonchev–Trinajstić information content (AvgIpc) is 3.39. The van der Waals surface area contributed by atoms with Crippen LogP contribution in [0.2, 0.25) is 0 Å². The number of nitrogens with zero attached hydrogens (tertiary/aromatic N) is 5. The average molecular weight is 408 g/mol. The van der Waals surface area contributed by atoms with Crippen LogP contribution in [0.4, 0.5) is 10.2 Å². The Balaban J connectivity index is 1.37. The summed E-state index contributed by atoms with van der Waals surface area (Å²) in [6.45, 7) is 2.17. The van der Waals surface area contributed by atoms with Crippen LogP contribution < -0.4 is 10.2 Å². The maximum Gasteiger partial charge on any atom is 0.147 e. The van der Waals surface area contributed by atoms with E-state index in [0.29, 0.717) is 17.1 Å². The number of anilines is 1. The number of hydrogen-bond acceptors (Lipinski definition) is 6. The molecule has 1 unspecified atom stereocenters. The molecule has 8 heteroatoms. The molecule has 7 nitrogen and oxygen atoms in total. The molecule has 0 amide bonds. The van der Waals surface area contributed by atoms with Crippen LogP contribution in [-0.4, -0.2) is 55.5 Å². The van der Waals surface area contributed by atoms with Crippen LogP contribution in [0.15, 0.2) is 49.3 Å². The molecule has 0 saturated carbocycles. The van der Waals surface area contributed by atoms with Gasteiger partial charge in [0, 0.05) is 42.7 Å². The zero-order valence-electron chi connectivity index (χ0n) is 17.0. The first-order chi connectivity index (χ1) is 14.4. The van der Waals surface area contributed by atoms with Gasteiger partial charge in [0.15, 0.2) is 0 Å². The molecule has 0 radical (unpaired) electrons. The molecule has 156 valence electrons. The number of fused-ring (bicyclic) bond motifs is 2. The number of phenolic OH excluding ortho intramolecular Hbond substituents is 1. The summed E-state index contributed by atoms with van der Waals surface area (Å²) < 4.78 is 16.8. The van der Waals surface area contributed by atoms with Crippen LogP contribution in [-0.2, 0) is 0 Å². The molecule has 1 aromatic carbocycles. The van der Waals surface area contributed by atoms with Crippen molar-refractivity contribution >= 4 is 5.82 Å². The summed E-state index contributed by atoms with van der Waals surface area (Å²) in [5.41, 5.74) is 1.95. The van der Waals surface area contributed by atoms with E-state index in [1.165, 1.54) is 0 Å². The van der Waals surface area contributed by atoms with E-state index in [9.17, 15) is 5.11 Å². The molecule has 2 fully saturated rings. The molecule has 30 heavy (non-hydrogen) atoms. The predicted molar refractivity (Wildman–Crippen MR) is 113 cm³/mol. The van der Waals surface area contributed by atoms with Gasteiger partial charge in [-0.05, 0) is 38.3 Å². The number of rotatable bonds is 4. The number of imidazole rings is 1. The second-order valence-corrected chi connectivity index (χ2v) is 8.61. The summed E-state index contributed by atoms with van der Waals surface area (Å²) in [7, 11) is 1.88. The Morgan fingerprint density at radius 1 is 1.30 bits per heavy atom. The summed E-state index contributed by atoms with van der Waals surface area (Å²) in [6.07, 6.45) is 10.1. The molecule has 0 spiro atoms. The minimum atomic E-state index is -0.938. The summed E-state index contributed by atoms with van der Waals surface area (Å²) in [4.78, 5) is 14.9. The zero-order valence-corrected chi connectivity index (χ0v) is 17.0. The molecule has 3 aromatic rings. The monoisotopic (exact) mass is 408 g/mol. The summed E-state index contributed by atoms with van der Waals surface area (Å²) >= 11 is 0. The molecular formula is C22H25FN6O. The number of nitrogens with one attached hydrogen (secondary N) is 1. The van der Waals surface area contributed by atoms with E-state index in [1.807, 2.05) is 28.8 Å². The maximum atomic E-state index is 15.0. The fourth-order valence-electron chi connectivity index (χ4n) is 4.78. The highest BCUT2D eigenvalue weighted by molar-refractivity contribution is 5.68. The van der Waals surface area contributed by atoms with E-state index in [1.54, 1.807) is 37.1 Å². The number of halogens is 1. The van der Waals surface area contributed by atoms with Crippen LogP contribution in [0, 0.1) is 0 Å². The van der Waals surface area contributed by atoms with Crippen LogP contribution in [0.25, 0.3) is 16.9 Å². The van der Waals surface area contributed by atoms with Gasteiger partial charge in [-0.25, -0.2) is 14.4 Å². The number of piperidine rings is 1. The first kappa shape index (κ1) is 19.0. The van der Waals surface area contributed by atoms with Crippen molar-refractivity contribution < 1.29 is 9.50 Å². The summed E-state index contributed by atoms with van der Waals surface area (Å²) in [5.74, 6) is 0.745. The van der Waals surface area contributed by atoms with Gasteiger partial charge < -0.3 is 19.9 Å². The van der Waals surface area contributed by atoms with Crippen molar-refractivity contribution in [3.05, 3.63) is 49.3 Å². The number of phenols is 1. The van der Waals surface area contributed by atoms with Crippen molar-refractivity contribution in [2.75, 3.05) is 11.9 Å². The Labute approximate surface area is 174 Å². The molecule has 2 aliphatic rings. The Bertz CT molecular complexity index is 1040. The van der Waals surface area contributed by atoms with E-state index in [2.05, 4.69) is 27.2 Å². The maximum absolute atomic E-state index is 15.0. The van der Waals surface area contributed by atoms with Gasteiger partial charge in [-0.1, -0.05) is 0 Å². The number of aromatic hydroxyl groups is 1. The molecular weight excluding hydrogens is 383 g/mol. The molecule has 5 rings (SSSR count). The van der Waals surface area contributed by atoms with E-state index in [0.717, 1.165) is 24.9 Å². The Hall–Kier alpha value is -3.00. The fraction of sp³-hybridized carbons (Fsp3) is 0.409. The van der Waals surface area contributed by atoms with E-state index >= 15 is 4.39 Å². The first-order valence-electron chi connectivity index (χ1n) is 10.2. The fourth-order valence-corrected chi connectivity index (χ4v) is 4.78. The van der Waals surface area contributed by atoms with Crippen molar-refractivity contribution in [1.82, 2.24) is 24.8 Å². The van der Waals surface area contributed by atoms with Crippen LogP contribution in [0.3, 0.4) is 0 Å². The summed E-state index contributed by atoms with van der Waals surface area (Å²) in [6, 6.07) is 5.04. The van der Waals surface area contributed by atoms with Crippen LogP contribution >= 0.6 is 0 Å². The molecule has 2 N–H and O–H groups in total. The van der Waals surface area contributed by atoms with Crippen molar-refractivity contribution in [2.45, 2.75) is 50.0 Å². The topological polar surface area (TPSA) is 79.1 Å². The minimum absolute atomic E-state index is 0.0116. The lowest BCUT2D eigenvalue weighted by Crippen LogP contribution is -2.60. The third-order valence-corrected chi connectivity index (χ3v) is 6.51. The Morgan fingerprint density at radius 2 is 2.17 bits per heavy atom. The molecule has 4 atom stereocenters. The highest BCUT2D eigenvalue weighted by atomic mass is 19.1. The Morgan fingerprint density at radius 3 is 2.87 bits per heavy atom. The number of alkyl halides is 1. The smallest absolute Gasteiger partial charge is 0.147 e. The number of aromatic nitrogens is 4. The van der Waals surface area contributed by atoms with E-state index in [4.69, 9.17) is 0 Å². The molecule has 2 aromatic heterocycles. The Kier molecular flexibility index (Phi) is 4.47. The third-order valence-electron chi connectivity index (χ3n) is 6.51. The van der Waals surface area contributed by atoms with Gasteiger partial charge in [0.1, 0.15) is 17.7 Å². The lowest BCUT2D eigenvalue weighted by Gasteiger charge is -2.43. The molecule has 0 aliphatic carbocycles.